The van der Waals surface area contributed by atoms with Crippen molar-refractivity contribution in [3.05, 3.63) is 40.5 Å². The number of ether oxygens (including phenoxy) is 1. The number of hydrogen-bond acceptors (Lipinski definition) is 3. The van der Waals surface area contributed by atoms with E-state index in [2.05, 4.69) is 0 Å². The number of carbonyl (C=O) groups is 1. The Morgan fingerprint density at radius 3 is 2.50 bits per heavy atom. The molecule has 1 aromatic rings. The average molecular weight is 243 g/mol. The van der Waals surface area contributed by atoms with Gasteiger partial charge in [0.25, 0.3) is 0 Å². The maximum absolute atomic E-state index is 11.6. The van der Waals surface area contributed by atoms with Crippen LogP contribution < -0.4 is 0 Å². The lowest BCUT2D eigenvalue weighted by Crippen LogP contribution is -2.12. The molecule has 18 heavy (non-hydrogen) atoms. The highest BCUT2D eigenvalue weighted by Gasteiger charge is 2.12. The summed E-state index contributed by atoms with van der Waals surface area (Å²) < 4.78 is 5.00. The largest absolute Gasteiger partial charge is 0.459 e. The summed E-state index contributed by atoms with van der Waals surface area (Å²) in [6.45, 7) is 7.51. The molecule has 0 spiro atoms. The molecule has 0 bridgehead atoms. The van der Waals surface area contributed by atoms with E-state index in [1.807, 2.05) is 38.1 Å². The molecule has 0 amide bonds. The zero-order valence-electron chi connectivity index (χ0n) is 11.2. The number of esters is 1. The molecule has 0 radical (unpaired) electrons. The second kappa shape index (κ2) is 6.02. The van der Waals surface area contributed by atoms with E-state index in [1.54, 1.807) is 19.9 Å². The molecule has 0 saturated heterocycles. The minimum atomic E-state index is -0.578. The molecule has 0 aliphatic heterocycles. The fourth-order valence-corrected chi connectivity index (χ4v) is 1.44. The van der Waals surface area contributed by atoms with Gasteiger partial charge in [0.05, 0.1) is 6.10 Å². The Balaban J connectivity index is 3.01. The third-order valence-corrected chi connectivity index (χ3v) is 2.53. The number of hydrogen-bond donors (Lipinski definition) is 0. The van der Waals surface area contributed by atoms with E-state index < -0.39 is 5.97 Å². The van der Waals surface area contributed by atoms with Crippen LogP contribution in [0.3, 0.4) is 0 Å². The van der Waals surface area contributed by atoms with Gasteiger partial charge in [-0.1, -0.05) is 18.2 Å². The van der Waals surface area contributed by atoms with E-state index in [0.29, 0.717) is 0 Å². The van der Waals surface area contributed by atoms with Crippen molar-refractivity contribution < 1.29 is 9.53 Å². The zero-order chi connectivity index (χ0) is 13.7. The highest BCUT2D eigenvalue weighted by molar-refractivity contribution is 5.97. The molecule has 94 valence electrons. The van der Waals surface area contributed by atoms with Crippen molar-refractivity contribution in [2.24, 2.45) is 0 Å². The van der Waals surface area contributed by atoms with Gasteiger partial charge in [0, 0.05) is 0 Å². The highest BCUT2D eigenvalue weighted by Crippen LogP contribution is 2.14. The van der Waals surface area contributed by atoms with E-state index in [-0.39, 0.29) is 11.7 Å². The molecule has 0 aromatic heterocycles. The third kappa shape index (κ3) is 3.74. The fourth-order valence-electron chi connectivity index (χ4n) is 1.44. The van der Waals surface area contributed by atoms with E-state index in [4.69, 9.17) is 10.00 Å². The van der Waals surface area contributed by atoms with Crippen molar-refractivity contribution in [3.63, 3.8) is 0 Å². The predicted molar refractivity (Wildman–Crippen MR) is 70.7 cm³/mol. The summed E-state index contributed by atoms with van der Waals surface area (Å²) in [5.41, 5.74) is 3.15. The first kappa shape index (κ1) is 14.0. The molecule has 0 saturated carbocycles. The maximum Gasteiger partial charge on any atom is 0.349 e. The van der Waals surface area contributed by atoms with E-state index in [1.165, 1.54) is 5.56 Å². The van der Waals surface area contributed by atoms with Gasteiger partial charge in [0.1, 0.15) is 11.6 Å². The normalized spacial score (nSPS) is 11.2. The molecule has 1 rings (SSSR count). The summed E-state index contributed by atoms with van der Waals surface area (Å²) in [6.07, 6.45) is 1.32. The van der Waals surface area contributed by atoms with E-state index >= 15 is 0 Å². The number of nitriles is 1. The fraction of sp³-hybridized carbons (Fsp3) is 0.333. The van der Waals surface area contributed by atoms with Gasteiger partial charge in [-0.05, 0) is 50.5 Å². The molecule has 0 fully saturated rings. The second-order valence-corrected chi connectivity index (χ2v) is 4.47. The molecule has 3 nitrogen and oxygen atoms in total. The third-order valence-electron chi connectivity index (χ3n) is 2.53. The van der Waals surface area contributed by atoms with Gasteiger partial charge in [-0.15, -0.1) is 0 Å². The predicted octanol–water partition coefficient (Wildman–Crippen LogP) is 3.16. The summed E-state index contributed by atoms with van der Waals surface area (Å²) in [7, 11) is 0. The number of aryl methyl sites for hydroxylation is 2. The van der Waals surface area contributed by atoms with Crippen LogP contribution in [0.25, 0.3) is 6.08 Å². The second-order valence-electron chi connectivity index (χ2n) is 4.47. The zero-order valence-corrected chi connectivity index (χ0v) is 11.2. The molecule has 3 heteroatoms. The summed E-state index contributed by atoms with van der Waals surface area (Å²) in [6, 6.07) is 7.66. The first-order chi connectivity index (χ1) is 8.43. The van der Waals surface area contributed by atoms with E-state index in [9.17, 15) is 4.79 Å². The standard InChI is InChI=1S/C15H17NO2/c1-10(2)18-15(17)14(9-16)8-13-6-5-11(3)12(4)7-13/h5-8,10H,1-4H3/b14-8+. The molecule has 0 N–H and O–H groups in total. The lowest BCUT2D eigenvalue weighted by Gasteiger charge is -2.07. The van der Waals surface area contributed by atoms with Crippen LogP contribution in [0.15, 0.2) is 23.8 Å². The summed E-state index contributed by atoms with van der Waals surface area (Å²) >= 11 is 0. The first-order valence-electron chi connectivity index (χ1n) is 5.84. The Labute approximate surface area is 108 Å². The average Bonchev–Trinajstić information content (AvgIpc) is 2.29. The van der Waals surface area contributed by atoms with Gasteiger partial charge in [-0.2, -0.15) is 5.26 Å². The first-order valence-corrected chi connectivity index (χ1v) is 5.84. The van der Waals surface area contributed by atoms with Crippen molar-refractivity contribution >= 4 is 12.0 Å². The lowest BCUT2D eigenvalue weighted by molar-refractivity contribution is -0.142. The molecule has 0 unspecified atom stereocenters. The van der Waals surface area contributed by atoms with Gasteiger partial charge in [0.2, 0.25) is 0 Å². The van der Waals surface area contributed by atoms with Crippen LogP contribution in [0.4, 0.5) is 0 Å². The maximum atomic E-state index is 11.6. The molecule has 0 heterocycles. The van der Waals surface area contributed by atoms with Gasteiger partial charge < -0.3 is 4.74 Å². The van der Waals surface area contributed by atoms with Crippen LogP contribution in [0, 0.1) is 25.2 Å². The van der Waals surface area contributed by atoms with Gasteiger partial charge in [-0.25, -0.2) is 4.79 Å². The molecular formula is C15H17NO2. The Bertz CT molecular complexity index is 522. The minimum Gasteiger partial charge on any atom is -0.459 e. The van der Waals surface area contributed by atoms with Gasteiger partial charge in [0.15, 0.2) is 0 Å². The van der Waals surface area contributed by atoms with Crippen molar-refractivity contribution in [2.45, 2.75) is 33.8 Å². The molecule has 0 aliphatic carbocycles. The summed E-state index contributed by atoms with van der Waals surface area (Å²) in [5, 5.41) is 8.98. The number of nitrogens with zero attached hydrogens (tertiary/aromatic N) is 1. The van der Waals surface area contributed by atoms with Crippen LogP contribution in [0.5, 0.6) is 0 Å². The number of carbonyl (C=O) groups excluding carboxylic acids is 1. The summed E-state index contributed by atoms with van der Waals surface area (Å²) in [5.74, 6) is -0.578. The van der Waals surface area contributed by atoms with Crippen LogP contribution in [0.1, 0.15) is 30.5 Å². The molecule has 0 aliphatic rings. The van der Waals surface area contributed by atoms with Crippen LogP contribution in [-0.4, -0.2) is 12.1 Å². The van der Waals surface area contributed by atoms with Gasteiger partial charge in [-0.3, -0.25) is 0 Å². The smallest absolute Gasteiger partial charge is 0.349 e. The number of rotatable bonds is 3. The Hall–Kier alpha value is -2.08. The van der Waals surface area contributed by atoms with Crippen molar-refractivity contribution in [3.8, 4) is 6.07 Å². The molecule has 0 atom stereocenters. The quantitative estimate of drug-likeness (QED) is 0.465. The summed E-state index contributed by atoms with van der Waals surface area (Å²) in [4.78, 5) is 11.6. The molecular weight excluding hydrogens is 226 g/mol. The Morgan fingerprint density at radius 1 is 1.33 bits per heavy atom. The lowest BCUT2D eigenvalue weighted by atomic mass is 10.0. The minimum absolute atomic E-state index is 0.0203. The van der Waals surface area contributed by atoms with Crippen LogP contribution >= 0.6 is 0 Å². The van der Waals surface area contributed by atoms with Crippen molar-refractivity contribution in [1.29, 1.82) is 5.26 Å². The van der Waals surface area contributed by atoms with Crippen molar-refractivity contribution in [1.82, 2.24) is 0 Å². The molecule has 1 aromatic carbocycles. The van der Waals surface area contributed by atoms with Crippen LogP contribution in [-0.2, 0) is 9.53 Å². The van der Waals surface area contributed by atoms with E-state index in [0.717, 1.165) is 11.1 Å². The topological polar surface area (TPSA) is 50.1 Å². The monoisotopic (exact) mass is 243 g/mol. The Kier molecular flexibility index (Phi) is 4.67. The highest BCUT2D eigenvalue weighted by atomic mass is 16.5. The number of benzene rings is 1. The van der Waals surface area contributed by atoms with Crippen molar-refractivity contribution in [2.75, 3.05) is 0 Å². The van der Waals surface area contributed by atoms with Gasteiger partial charge >= 0.3 is 5.97 Å². The SMILES string of the molecule is Cc1ccc(/C=C(\C#N)C(=O)OC(C)C)cc1C. The Morgan fingerprint density at radius 2 is 2.00 bits per heavy atom. The van der Waals surface area contributed by atoms with Crippen LogP contribution in [0.2, 0.25) is 0 Å².